The number of hydrogen-bond acceptors (Lipinski definition) is 4. The van der Waals surface area contributed by atoms with E-state index in [-0.39, 0.29) is 11.8 Å². The van der Waals surface area contributed by atoms with E-state index in [4.69, 9.17) is 4.74 Å². The number of carbonyl (C=O) groups excluding carboxylic acids is 2. The first-order valence-corrected chi connectivity index (χ1v) is 10.5. The number of amides is 2. The molecule has 1 fully saturated rings. The van der Waals surface area contributed by atoms with Gasteiger partial charge < -0.3 is 20.3 Å². The van der Waals surface area contributed by atoms with E-state index >= 15 is 0 Å². The van der Waals surface area contributed by atoms with Gasteiger partial charge in [0.1, 0.15) is 0 Å². The average Bonchev–Trinajstić information content (AvgIpc) is 2.75. The van der Waals surface area contributed by atoms with E-state index in [1.807, 2.05) is 12.1 Å². The molecule has 160 valence electrons. The molecule has 0 radical (unpaired) electrons. The smallest absolute Gasteiger partial charge is 0.253 e. The minimum absolute atomic E-state index is 0.152. The van der Waals surface area contributed by atoms with Crippen molar-refractivity contribution in [1.82, 2.24) is 5.32 Å². The maximum absolute atomic E-state index is 12.8. The zero-order chi connectivity index (χ0) is 21.3. The summed E-state index contributed by atoms with van der Waals surface area (Å²) in [5, 5.41) is 5.67. The molecule has 0 aliphatic carbocycles. The van der Waals surface area contributed by atoms with E-state index in [2.05, 4.69) is 45.9 Å². The summed E-state index contributed by atoms with van der Waals surface area (Å²) in [5.74, 6) is 0.345. The van der Waals surface area contributed by atoms with Crippen LogP contribution in [0.2, 0.25) is 0 Å². The molecular formula is C24H31N3O3. The Kier molecular flexibility index (Phi) is 7.85. The fourth-order valence-corrected chi connectivity index (χ4v) is 3.96. The van der Waals surface area contributed by atoms with E-state index in [0.29, 0.717) is 30.3 Å². The molecule has 1 aliphatic heterocycles. The predicted molar refractivity (Wildman–Crippen MR) is 120 cm³/mol. The fourth-order valence-electron chi connectivity index (χ4n) is 3.96. The third-order valence-electron chi connectivity index (χ3n) is 5.48. The second-order valence-electron chi connectivity index (χ2n) is 7.78. The highest BCUT2D eigenvalue weighted by Crippen LogP contribution is 2.30. The van der Waals surface area contributed by atoms with Crippen LogP contribution in [0.3, 0.4) is 0 Å². The van der Waals surface area contributed by atoms with Gasteiger partial charge in [0.2, 0.25) is 5.91 Å². The Morgan fingerprint density at radius 1 is 1.10 bits per heavy atom. The standard InChI is InChI=1S/C24H31N3O3/c1-18(28)26-21-8-9-23(22(17-21)24(29)25-12-15-30-2)27-13-10-20(11-14-27)16-19-6-4-3-5-7-19/h3-9,17,20H,10-16H2,1-2H3,(H,25,29)(H,26,28). The van der Waals surface area contributed by atoms with Crippen molar-refractivity contribution >= 4 is 23.2 Å². The van der Waals surface area contributed by atoms with Gasteiger partial charge in [-0.2, -0.15) is 0 Å². The molecule has 3 rings (SSSR count). The topological polar surface area (TPSA) is 70.7 Å². The van der Waals surface area contributed by atoms with Crippen LogP contribution in [0, 0.1) is 5.92 Å². The third kappa shape index (κ3) is 6.07. The Morgan fingerprint density at radius 2 is 1.83 bits per heavy atom. The summed E-state index contributed by atoms with van der Waals surface area (Å²) in [6, 6.07) is 16.2. The molecule has 6 heteroatoms. The van der Waals surface area contributed by atoms with Crippen molar-refractivity contribution in [2.24, 2.45) is 5.92 Å². The largest absolute Gasteiger partial charge is 0.383 e. The SMILES string of the molecule is COCCNC(=O)c1cc(NC(C)=O)ccc1N1CCC(Cc2ccccc2)CC1. The van der Waals surface area contributed by atoms with Crippen LogP contribution >= 0.6 is 0 Å². The Bertz CT molecular complexity index is 846. The van der Waals surface area contributed by atoms with Gasteiger partial charge in [-0.3, -0.25) is 9.59 Å². The Hall–Kier alpha value is -2.86. The van der Waals surface area contributed by atoms with E-state index in [1.54, 1.807) is 13.2 Å². The zero-order valence-corrected chi connectivity index (χ0v) is 17.8. The first-order chi connectivity index (χ1) is 14.6. The lowest BCUT2D eigenvalue weighted by atomic mass is 9.89. The van der Waals surface area contributed by atoms with Gasteiger partial charge in [0.05, 0.1) is 12.2 Å². The van der Waals surface area contributed by atoms with Crippen molar-refractivity contribution < 1.29 is 14.3 Å². The number of rotatable bonds is 8. The van der Waals surface area contributed by atoms with Crippen molar-refractivity contribution in [3.8, 4) is 0 Å². The van der Waals surface area contributed by atoms with Gasteiger partial charge in [-0.25, -0.2) is 0 Å². The van der Waals surface area contributed by atoms with Crippen LogP contribution in [0.25, 0.3) is 0 Å². The van der Waals surface area contributed by atoms with Crippen LogP contribution in [-0.2, 0) is 16.0 Å². The van der Waals surface area contributed by atoms with E-state index < -0.39 is 0 Å². The van der Waals surface area contributed by atoms with Crippen LogP contribution in [0.5, 0.6) is 0 Å². The molecule has 2 N–H and O–H groups in total. The monoisotopic (exact) mass is 409 g/mol. The summed E-state index contributed by atoms with van der Waals surface area (Å²) < 4.78 is 5.03. The normalized spacial score (nSPS) is 14.4. The fraction of sp³-hybridized carbons (Fsp3) is 0.417. The highest BCUT2D eigenvalue weighted by Gasteiger charge is 2.23. The number of nitrogens with one attached hydrogen (secondary N) is 2. The number of ether oxygens (including phenoxy) is 1. The van der Waals surface area contributed by atoms with Crippen molar-refractivity contribution in [3.05, 3.63) is 59.7 Å². The lowest BCUT2D eigenvalue weighted by Gasteiger charge is -2.35. The van der Waals surface area contributed by atoms with Crippen LogP contribution in [0.1, 0.15) is 35.7 Å². The molecule has 30 heavy (non-hydrogen) atoms. The molecule has 0 aromatic heterocycles. The number of piperidine rings is 1. The second-order valence-corrected chi connectivity index (χ2v) is 7.78. The van der Waals surface area contributed by atoms with Gasteiger partial charge in [0, 0.05) is 45.0 Å². The highest BCUT2D eigenvalue weighted by molar-refractivity contribution is 6.02. The maximum Gasteiger partial charge on any atom is 0.253 e. The molecule has 2 aromatic rings. The van der Waals surface area contributed by atoms with Crippen molar-refractivity contribution in [2.45, 2.75) is 26.2 Å². The summed E-state index contributed by atoms with van der Waals surface area (Å²) in [4.78, 5) is 26.5. The van der Waals surface area contributed by atoms with Crippen LogP contribution in [-0.4, -0.2) is 45.2 Å². The molecule has 0 saturated carbocycles. The van der Waals surface area contributed by atoms with Gasteiger partial charge in [-0.1, -0.05) is 30.3 Å². The minimum Gasteiger partial charge on any atom is -0.383 e. The maximum atomic E-state index is 12.8. The molecule has 0 bridgehead atoms. The Morgan fingerprint density at radius 3 is 2.50 bits per heavy atom. The van der Waals surface area contributed by atoms with E-state index in [0.717, 1.165) is 38.0 Å². The zero-order valence-electron chi connectivity index (χ0n) is 17.8. The number of methoxy groups -OCH3 is 1. The third-order valence-corrected chi connectivity index (χ3v) is 5.48. The van der Waals surface area contributed by atoms with Crippen molar-refractivity contribution in [2.75, 3.05) is 43.6 Å². The lowest BCUT2D eigenvalue weighted by Crippen LogP contribution is -2.36. The van der Waals surface area contributed by atoms with Crippen LogP contribution in [0.4, 0.5) is 11.4 Å². The van der Waals surface area contributed by atoms with E-state index in [9.17, 15) is 9.59 Å². The van der Waals surface area contributed by atoms with Gasteiger partial charge in [0.25, 0.3) is 5.91 Å². The number of benzene rings is 2. The van der Waals surface area contributed by atoms with Crippen LogP contribution in [0.15, 0.2) is 48.5 Å². The molecule has 1 heterocycles. The van der Waals surface area contributed by atoms with Crippen molar-refractivity contribution in [3.63, 3.8) is 0 Å². The molecule has 0 unspecified atom stereocenters. The molecule has 2 amide bonds. The number of anilines is 2. The van der Waals surface area contributed by atoms with Gasteiger partial charge in [-0.15, -0.1) is 0 Å². The Balaban J connectivity index is 1.70. The summed E-state index contributed by atoms with van der Waals surface area (Å²) in [5.41, 5.74) is 3.51. The number of nitrogens with zero attached hydrogens (tertiary/aromatic N) is 1. The summed E-state index contributed by atoms with van der Waals surface area (Å²) in [7, 11) is 1.61. The molecule has 1 saturated heterocycles. The first-order valence-electron chi connectivity index (χ1n) is 10.5. The molecule has 0 atom stereocenters. The molecule has 2 aromatic carbocycles. The van der Waals surface area contributed by atoms with Gasteiger partial charge in [-0.05, 0) is 48.9 Å². The van der Waals surface area contributed by atoms with Gasteiger partial charge in [0.15, 0.2) is 0 Å². The van der Waals surface area contributed by atoms with Crippen molar-refractivity contribution in [1.29, 1.82) is 0 Å². The summed E-state index contributed by atoms with van der Waals surface area (Å²) in [6.07, 6.45) is 3.28. The quantitative estimate of drug-likeness (QED) is 0.655. The summed E-state index contributed by atoms with van der Waals surface area (Å²) in [6.45, 7) is 4.18. The molecule has 6 nitrogen and oxygen atoms in total. The highest BCUT2D eigenvalue weighted by atomic mass is 16.5. The van der Waals surface area contributed by atoms with Crippen LogP contribution < -0.4 is 15.5 Å². The first kappa shape index (κ1) is 21.8. The van der Waals surface area contributed by atoms with E-state index in [1.165, 1.54) is 12.5 Å². The number of hydrogen-bond donors (Lipinski definition) is 2. The average molecular weight is 410 g/mol. The minimum atomic E-state index is -0.157. The van der Waals surface area contributed by atoms with Gasteiger partial charge >= 0.3 is 0 Å². The number of carbonyl (C=O) groups is 2. The summed E-state index contributed by atoms with van der Waals surface area (Å²) >= 11 is 0. The lowest BCUT2D eigenvalue weighted by molar-refractivity contribution is -0.114. The molecule has 1 aliphatic rings. The molecular weight excluding hydrogens is 378 g/mol. The second kappa shape index (κ2) is 10.8. The predicted octanol–water partition coefficient (Wildman–Crippen LogP) is 3.48. The molecule has 0 spiro atoms. The Labute approximate surface area is 178 Å².